The molecule has 0 atom stereocenters. The van der Waals surface area contributed by atoms with E-state index in [0.717, 1.165) is 0 Å². The highest BCUT2D eigenvalue weighted by atomic mass is 15.6. The summed E-state index contributed by atoms with van der Waals surface area (Å²) in [6.07, 6.45) is 0. The second kappa shape index (κ2) is 4.28. The summed E-state index contributed by atoms with van der Waals surface area (Å²) in [4.78, 5) is 3.77. The molecule has 0 radical (unpaired) electrons. The lowest BCUT2D eigenvalue weighted by Crippen LogP contribution is -2.02. The lowest BCUT2D eigenvalue weighted by Gasteiger charge is -1.95. The predicted molar refractivity (Wildman–Crippen MR) is 51.9 cm³/mol. The zero-order chi connectivity index (χ0) is 12.2. The van der Waals surface area contributed by atoms with E-state index in [9.17, 15) is 0 Å². The molecule has 1 aliphatic rings. The van der Waals surface area contributed by atoms with Crippen molar-refractivity contribution in [2.45, 2.75) is 0 Å². The molecular weight excluding hydrogens is 244 g/mol. The van der Waals surface area contributed by atoms with Crippen LogP contribution in [-0.4, -0.2) is 47.0 Å². The Balaban J connectivity index is 1.75. The van der Waals surface area contributed by atoms with Gasteiger partial charge in [0.15, 0.2) is 0 Å². The van der Waals surface area contributed by atoms with Gasteiger partial charge in [0.2, 0.25) is 0 Å². The van der Waals surface area contributed by atoms with Crippen LogP contribution in [-0.2, 0) is 0 Å². The lowest BCUT2D eigenvalue weighted by molar-refractivity contribution is 0.861. The number of hydrogen-bond acceptors (Lipinski definition) is 11. The van der Waals surface area contributed by atoms with Crippen molar-refractivity contribution in [1.82, 2.24) is 41.0 Å². The maximum atomic E-state index is 3.77. The Kier molecular flexibility index (Phi) is 2.35. The number of tetrazole rings is 1. The first-order chi connectivity index (χ1) is 8.90. The minimum atomic E-state index is -0.0246. The van der Waals surface area contributed by atoms with Crippen molar-refractivity contribution in [2.24, 2.45) is 25.7 Å². The third-order valence-electron chi connectivity index (χ3n) is 1.55. The van der Waals surface area contributed by atoms with Crippen molar-refractivity contribution in [3.8, 4) is 0 Å². The molecule has 2 aromatic heterocycles. The average molecular weight is 246 g/mol. The zero-order valence-electron chi connectivity index (χ0n) is 8.37. The molecule has 0 saturated heterocycles. The van der Waals surface area contributed by atoms with Crippen LogP contribution in [0, 0.1) is 0 Å². The molecule has 0 unspecified atom stereocenters. The minimum Gasteiger partial charge on any atom is -0.287 e. The van der Waals surface area contributed by atoms with Crippen molar-refractivity contribution >= 4 is 23.8 Å². The van der Waals surface area contributed by atoms with Gasteiger partial charge in [-0.05, 0) is 15.7 Å². The third-order valence-corrected chi connectivity index (χ3v) is 1.55. The van der Waals surface area contributed by atoms with Gasteiger partial charge < -0.3 is 0 Å². The van der Waals surface area contributed by atoms with Crippen molar-refractivity contribution in [3.05, 3.63) is 0 Å². The van der Waals surface area contributed by atoms with Crippen molar-refractivity contribution in [2.75, 3.05) is 5.32 Å². The summed E-state index contributed by atoms with van der Waals surface area (Å²) >= 11 is 0. The van der Waals surface area contributed by atoms with Crippen LogP contribution in [0.15, 0.2) is 25.7 Å². The SMILES string of the molecule is N1=NC(=Nc2nnc(Nc3nn[nH]n3)nn2)N=N1. The summed E-state index contributed by atoms with van der Waals surface area (Å²) in [5.74, 6) is 0.284. The van der Waals surface area contributed by atoms with Gasteiger partial charge >= 0.3 is 0 Å². The van der Waals surface area contributed by atoms with Gasteiger partial charge in [0.05, 0.1) is 0 Å². The van der Waals surface area contributed by atoms with Crippen molar-refractivity contribution < 1.29 is 0 Å². The number of nitrogens with zero attached hydrogens (tertiary/aromatic N) is 12. The van der Waals surface area contributed by atoms with E-state index in [4.69, 9.17) is 0 Å². The van der Waals surface area contributed by atoms with Crippen LogP contribution in [0.5, 0.6) is 0 Å². The largest absolute Gasteiger partial charge is 0.294 e. The maximum Gasteiger partial charge on any atom is 0.294 e. The summed E-state index contributed by atoms with van der Waals surface area (Å²) in [6, 6.07) is 0. The Morgan fingerprint density at radius 3 is 2.33 bits per heavy atom. The number of guanidine groups is 1. The first-order valence-electron chi connectivity index (χ1n) is 4.38. The fourth-order valence-corrected chi connectivity index (χ4v) is 0.908. The van der Waals surface area contributed by atoms with Gasteiger partial charge in [-0.3, -0.25) is 5.32 Å². The number of aromatic amines is 1. The quantitative estimate of drug-likeness (QED) is 0.715. The number of anilines is 2. The third kappa shape index (κ3) is 2.10. The van der Waals surface area contributed by atoms with Crippen LogP contribution in [0.1, 0.15) is 0 Å². The molecule has 0 bridgehead atoms. The number of hydrogen-bond donors (Lipinski definition) is 2. The topological polar surface area (TPSA) is 180 Å². The standard InChI is InChI=1S/C4H2N14/c5(3-11-15-16-12-3)1-7-9-2(10-8-1)6-4-13-17-18-14-4/h(H2,5,7,8,11,12,15,16). The van der Waals surface area contributed by atoms with Gasteiger partial charge in [-0.25, -0.2) is 0 Å². The van der Waals surface area contributed by atoms with E-state index < -0.39 is 0 Å². The van der Waals surface area contributed by atoms with Crippen LogP contribution in [0.2, 0.25) is 0 Å². The highest BCUT2D eigenvalue weighted by Gasteiger charge is 2.06. The van der Waals surface area contributed by atoms with Crippen LogP contribution < -0.4 is 5.32 Å². The maximum absolute atomic E-state index is 3.77. The fourth-order valence-electron chi connectivity index (χ4n) is 0.908. The van der Waals surface area contributed by atoms with Gasteiger partial charge in [-0.1, -0.05) is 15.3 Å². The molecule has 2 N–H and O–H groups in total. The smallest absolute Gasteiger partial charge is 0.287 e. The van der Waals surface area contributed by atoms with E-state index in [1.807, 2.05) is 0 Å². The predicted octanol–water partition coefficient (Wildman–Crippen LogP) is -0.656. The molecule has 14 heteroatoms. The zero-order valence-corrected chi connectivity index (χ0v) is 8.37. The molecule has 3 heterocycles. The molecular formula is C4H2N14. The van der Waals surface area contributed by atoms with E-state index in [1.54, 1.807) is 0 Å². The number of rotatable bonds is 3. The van der Waals surface area contributed by atoms with Crippen LogP contribution in [0.4, 0.5) is 17.8 Å². The van der Waals surface area contributed by atoms with E-state index in [1.165, 1.54) is 0 Å². The summed E-state index contributed by atoms with van der Waals surface area (Å²) in [5, 5.41) is 43.6. The van der Waals surface area contributed by atoms with Gasteiger partial charge in [0, 0.05) is 0 Å². The molecule has 14 nitrogen and oxygen atoms in total. The van der Waals surface area contributed by atoms with Gasteiger partial charge in [0.1, 0.15) is 0 Å². The van der Waals surface area contributed by atoms with Gasteiger partial charge in [-0.2, -0.15) is 10.2 Å². The van der Waals surface area contributed by atoms with Crippen molar-refractivity contribution in [3.63, 3.8) is 0 Å². The van der Waals surface area contributed by atoms with E-state index in [0.29, 0.717) is 0 Å². The lowest BCUT2D eigenvalue weighted by atomic mass is 10.9. The van der Waals surface area contributed by atoms with E-state index in [-0.39, 0.29) is 23.8 Å². The number of H-pyrrole nitrogens is 1. The molecule has 0 amide bonds. The van der Waals surface area contributed by atoms with Gasteiger partial charge in [0.25, 0.3) is 23.8 Å². The van der Waals surface area contributed by atoms with Crippen LogP contribution >= 0.6 is 0 Å². The highest BCUT2D eigenvalue weighted by Crippen LogP contribution is 2.07. The summed E-state index contributed by atoms with van der Waals surface area (Å²) in [6.45, 7) is 0. The van der Waals surface area contributed by atoms with E-state index in [2.05, 4.69) is 72.0 Å². The Morgan fingerprint density at radius 2 is 1.67 bits per heavy atom. The second-order valence-corrected chi connectivity index (χ2v) is 2.67. The molecule has 3 rings (SSSR count). The Labute approximate surface area is 96.7 Å². The highest BCUT2D eigenvalue weighted by molar-refractivity contribution is 5.82. The second-order valence-electron chi connectivity index (χ2n) is 2.67. The fraction of sp³-hybridized carbons (Fsp3) is 0. The minimum absolute atomic E-state index is 0.0246. The van der Waals surface area contributed by atoms with Crippen LogP contribution in [0.25, 0.3) is 0 Å². The summed E-state index contributed by atoms with van der Waals surface area (Å²) in [5.41, 5.74) is 0. The number of aromatic nitrogens is 8. The molecule has 0 aliphatic carbocycles. The molecule has 0 aromatic carbocycles. The molecule has 0 spiro atoms. The molecule has 1 aliphatic heterocycles. The first kappa shape index (κ1) is 9.87. The molecule has 88 valence electrons. The number of nitrogens with one attached hydrogen (secondary N) is 2. The molecule has 0 saturated carbocycles. The Bertz CT molecular complexity index is 590. The summed E-state index contributed by atoms with van der Waals surface area (Å²) < 4.78 is 0. The molecule has 18 heavy (non-hydrogen) atoms. The normalized spacial score (nSPS) is 13.0. The Morgan fingerprint density at radius 1 is 0.889 bits per heavy atom. The Hall–Kier alpha value is -3.32. The average Bonchev–Trinajstić information content (AvgIpc) is 3.05. The first-order valence-corrected chi connectivity index (χ1v) is 4.38. The monoisotopic (exact) mass is 246 g/mol. The summed E-state index contributed by atoms with van der Waals surface area (Å²) in [7, 11) is 0. The van der Waals surface area contributed by atoms with Crippen LogP contribution in [0.3, 0.4) is 0 Å². The van der Waals surface area contributed by atoms with Gasteiger partial charge in [-0.15, -0.1) is 25.5 Å². The molecule has 0 fully saturated rings. The van der Waals surface area contributed by atoms with E-state index >= 15 is 0 Å². The number of aliphatic imine (C=N–C) groups is 1. The molecule has 2 aromatic rings. The van der Waals surface area contributed by atoms with Crippen molar-refractivity contribution in [1.29, 1.82) is 0 Å².